The highest BCUT2D eigenvalue weighted by Gasteiger charge is 2.33. The van der Waals surface area contributed by atoms with Crippen molar-refractivity contribution in [1.29, 1.82) is 0 Å². The number of rotatable bonds is 7. The number of hydrogen-bond acceptors (Lipinski definition) is 6. The van der Waals surface area contributed by atoms with E-state index in [1.54, 1.807) is 20.8 Å². The monoisotopic (exact) mass is 322 g/mol. The molecule has 8 heteroatoms. The highest BCUT2D eigenvalue weighted by atomic mass is 16.7. The smallest absolute Gasteiger partial charge is 0.255 e. The van der Waals surface area contributed by atoms with E-state index in [1.165, 1.54) is 24.3 Å². The van der Waals surface area contributed by atoms with E-state index in [9.17, 15) is 19.2 Å². The van der Waals surface area contributed by atoms with Crippen LogP contribution in [0, 0.1) is 0 Å². The Morgan fingerprint density at radius 1 is 0.783 bits per heavy atom. The molecule has 23 heavy (non-hydrogen) atoms. The zero-order valence-electron chi connectivity index (χ0n) is 13.1. The van der Waals surface area contributed by atoms with Crippen LogP contribution in [0.1, 0.15) is 27.2 Å². The predicted octanol–water partition coefficient (Wildman–Crippen LogP) is 0.298. The molecule has 2 unspecified atom stereocenters. The Hall–Kier alpha value is -2.32. The lowest BCUT2D eigenvalue weighted by molar-refractivity contribution is -0.232. The topological polar surface area (TPSA) is 93.2 Å². The van der Waals surface area contributed by atoms with Crippen molar-refractivity contribution in [1.82, 2.24) is 9.80 Å². The van der Waals surface area contributed by atoms with Gasteiger partial charge < -0.3 is 9.47 Å². The number of carbonyl (C=O) groups excluding carboxylic acids is 4. The number of imide groups is 2. The van der Waals surface area contributed by atoms with Gasteiger partial charge >= 0.3 is 0 Å². The third kappa shape index (κ3) is 3.54. The molecule has 0 spiro atoms. The van der Waals surface area contributed by atoms with Crippen molar-refractivity contribution in [3.63, 3.8) is 0 Å². The van der Waals surface area contributed by atoms with Crippen LogP contribution in [0.4, 0.5) is 0 Å². The number of hydrogen-bond donors (Lipinski definition) is 0. The van der Waals surface area contributed by atoms with Gasteiger partial charge in [0, 0.05) is 24.3 Å². The highest BCUT2D eigenvalue weighted by molar-refractivity contribution is 6.13. The molecule has 2 aliphatic heterocycles. The Labute approximate surface area is 133 Å². The van der Waals surface area contributed by atoms with Gasteiger partial charge in [-0.15, -0.1) is 0 Å². The average Bonchev–Trinajstić information content (AvgIpc) is 3.00. The minimum atomic E-state index is -0.828. The molecule has 0 aromatic heterocycles. The number of nitrogens with zero attached hydrogens (tertiary/aromatic N) is 2. The van der Waals surface area contributed by atoms with Crippen LogP contribution < -0.4 is 0 Å². The van der Waals surface area contributed by atoms with Gasteiger partial charge in [-0.1, -0.05) is 6.92 Å². The second-order valence-electron chi connectivity index (χ2n) is 5.07. The second-order valence-corrected chi connectivity index (χ2v) is 5.07. The van der Waals surface area contributed by atoms with Gasteiger partial charge in [-0.05, 0) is 20.3 Å². The zero-order valence-corrected chi connectivity index (χ0v) is 13.1. The fourth-order valence-corrected chi connectivity index (χ4v) is 2.33. The standard InChI is InChI=1S/C15H18N2O6/c1-4-15(22-9(2)16-11(18)5-6-12(16)19)23-10(3)17-13(20)7-8-14(17)21/h5-10,15H,4H2,1-3H3. The molecule has 124 valence electrons. The van der Waals surface area contributed by atoms with Gasteiger partial charge in [-0.25, -0.2) is 9.80 Å². The average molecular weight is 322 g/mol. The quantitative estimate of drug-likeness (QED) is 0.494. The Morgan fingerprint density at radius 2 is 1.09 bits per heavy atom. The summed E-state index contributed by atoms with van der Waals surface area (Å²) in [4.78, 5) is 48.3. The molecule has 2 rings (SSSR count). The summed E-state index contributed by atoms with van der Waals surface area (Å²) in [6.45, 7) is 4.88. The summed E-state index contributed by atoms with van der Waals surface area (Å²) in [5.74, 6) is -1.84. The van der Waals surface area contributed by atoms with Gasteiger partial charge in [0.15, 0.2) is 6.29 Å². The summed E-state index contributed by atoms with van der Waals surface area (Å²) < 4.78 is 11.2. The van der Waals surface area contributed by atoms with Gasteiger partial charge in [-0.2, -0.15) is 0 Å². The van der Waals surface area contributed by atoms with Crippen LogP contribution in [0.3, 0.4) is 0 Å². The second kappa shape index (κ2) is 6.84. The van der Waals surface area contributed by atoms with Crippen LogP contribution in [0.2, 0.25) is 0 Å². The molecule has 0 N–H and O–H groups in total. The molecular formula is C15H18N2O6. The van der Waals surface area contributed by atoms with Gasteiger partial charge in [0.1, 0.15) is 12.5 Å². The highest BCUT2D eigenvalue weighted by Crippen LogP contribution is 2.17. The normalized spacial score (nSPS) is 21.5. The van der Waals surface area contributed by atoms with E-state index in [0.29, 0.717) is 6.42 Å². The molecule has 0 radical (unpaired) electrons. The van der Waals surface area contributed by atoms with Crippen molar-refractivity contribution < 1.29 is 28.7 Å². The van der Waals surface area contributed by atoms with Crippen molar-refractivity contribution in [3.8, 4) is 0 Å². The van der Waals surface area contributed by atoms with E-state index >= 15 is 0 Å². The van der Waals surface area contributed by atoms with E-state index in [2.05, 4.69) is 0 Å². The lowest BCUT2D eigenvalue weighted by Crippen LogP contribution is -2.45. The van der Waals surface area contributed by atoms with E-state index in [-0.39, 0.29) is 0 Å². The molecule has 2 aliphatic rings. The van der Waals surface area contributed by atoms with Gasteiger partial charge in [0.2, 0.25) is 0 Å². The fourth-order valence-electron chi connectivity index (χ4n) is 2.33. The van der Waals surface area contributed by atoms with Crippen molar-refractivity contribution in [2.75, 3.05) is 0 Å². The van der Waals surface area contributed by atoms with Crippen LogP contribution in [0.15, 0.2) is 24.3 Å². The molecule has 0 saturated heterocycles. The minimum absolute atomic E-state index is 0.405. The molecule has 4 amide bonds. The molecule has 2 heterocycles. The largest absolute Gasteiger partial charge is 0.329 e. The number of carbonyl (C=O) groups is 4. The van der Waals surface area contributed by atoms with Crippen LogP contribution in [-0.2, 0) is 28.7 Å². The van der Waals surface area contributed by atoms with Crippen LogP contribution in [0.25, 0.3) is 0 Å². The molecule has 0 fully saturated rings. The van der Waals surface area contributed by atoms with E-state index in [4.69, 9.17) is 9.47 Å². The lowest BCUT2D eigenvalue weighted by Gasteiger charge is -2.31. The maximum absolute atomic E-state index is 11.6. The zero-order chi connectivity index (χ0) is 17.1. The first-order chi connectivity index (χ1) is 10.8. The summed E-state index contributed by atoms with van der Waals surface area (Å²) >= 11 is 0. The van der Waals surface area contributed by atoms with Crippen molar-refractivity contribution in [2.45, 2.75) is 45.9 Å². The fraction of sp³-hybridized carbons (Fsp3) is 0.467. The van der Waals surface area contributed by atoms with Crippen molar-refractivity contribution in [2.24, 2.45) is 0 Å². The first kappa shape index (κ1) is 17.0. The Kier molecular flexibility index (Phi) is 5.07. The molecule has 0 saturated carbocycles. The Morgan fingerprint density at radius 3 is 1.35 bits per heavy atom. The summed E-state index contributed by atoms with van der Waals surface area (Å²) in [5.41, 5.74) is 0. The first-order valence-corrected chi connectivity index (χ1v) is 7.26. The first-order valence-electron chi connectivity index (χ1n) is 7.26. The maximum atomic E-state index is 11.6. The Balaban J connectivity index is 1.95. The van der Waals surface area contributed by atoms with E-state index in [0.717, 1.165) is 9.80 Å². The number of ether oxygens (including phenoxy) is 2. The molecule has 0 bridgehead atoms. The van der Waals surface area contributed by atoms with E-state index in [1.807, 2.05) is 0 Å². The molecule has 2 atom stereocenters. The molecule has 0 aromatic rings. The third-order valence-corrected chi connectivity index (χ3v) is 3.44. The van der Waals surface area contributed by atoms with Gasteiger partial charge in [-0.3, -0.25) is 19.2 Å². The molecule has 0 aliphatic carbocycles. The van der Waals surface area contributed by atoms with Crippen LogP contribution >= 0.6 is 0 Å². The van der Waals surface area contributed by atoms with Crippen LogP contribution in [0.5, 0.6) is 0 Å². The van der Waals surface area contributed by atoms with Crippen molar-refractivity contribution >= 4 is 23.6 Å². The van der Waals surface area contributed by atoms with Gasteiger partial charge in [0.25, 0.3) is 23.6 Å². The van der Waals surface area contributed by atoms with Gasteiger partial charge in [0.05, 0.1) is 0 Å². The molecule has 0 aromatic carbocycles. The summed E-state index contributed by atoms with van der Waals surface area (Å²) in [7, 11) is 0. The lowest BCUT2D eigenvalue weighted by atomic mass is 10.4. The Bertz CT molecular complexity index is 511. The number of amides is 4. The van der Waals surface area contributed by atoms with E-state index < -0.39 is 42.4 Å². The summed E-state index contributed by atoms with van der Waals surface area (Å²) in [6.07, 6.45) is 2.62. The molecular weight excluding hydrogens is 304 g/mol. The van der Waals surface area contributed by atoms with Crippen LogP contribution in [-0.4, -0.2) is 52.2 Å². The summed E-state index contributed by atoms with van der Waals surface area (Å²) in [6, 6.07) is 0. The molecule has 8 nitrogen and oxygen atoms in total. The summed E-state index contributed by atoms with van der Waals surface area (Å²) in [5, 5.41) is 0. The third-order valence-electron chi connectivity index (χ3n) is 3.44. The van der Waals surface area contributed by atoms with Crippen molar-refractivity contribution in [3.05, 3.63) is 24.3 Å². The SMILES string of the molecule is CCC(OC(C)N1C(=O)C=CC1=O)OC(C)N1C(=O)C=CC1=O. The predicted molar refractivity (Wildman–Crippen MR) is 77.2 cm³/mol. The maximum Gasteiger partial charge on any atom is 0.255 e. The minimum Gasteiger partial charge on any atom is -0.329 e.